The molecule has 0 aromatic heterocycles. The van der Waals surface area contributed by atoms with Gasteiger partial charge in [-0.05, 0) is 51.5 Å². The van der Waals surface area contributed by atoms with E-state index in [4.69, 9.17) is 5.73 Å². The lowest BCUT2D eigenvalue weighted by molar-refractivity contribution is 0.432. The van der Waals surface area contributed by atoms with Crippen molar-refractivity contribution < 1.29 is 0 Å². The zero-order valence-corrected chi connectivity index (χ0v) is 7.97. The normalized spacial score (nSPS) is 38.5. The van der Waals surface area contributed by atoms with Crippen LogP contribution in [0.15, 0.2) is 0 Å². The Labute approximate surface area is 74.9 Å². The van der Waals surface area contributed by atoms with Crippen LogP contribution in [-0.2, 0) is 0 Å². The van der Waals surface area contributed by atoms with E-state index in [-0.39, 0.29) is 0 Å². The van der Waals surface area contributed by atoms with E-state index in [9.17, 15) is 0 Å². The molecule has 0 aromatic rings. The fourth-order valence-corrected chi connectivity index (χ4v) is 2.05. The van der Waals surface area contributed by atoms with E-state index in [1.165, 1.54) is 38.6 Å². The first-order chi connectivity index (χ1) is 5.68. The first-order valence-electron chi connectivity index (χ1n) is 5.19. The average Bonchev–Trinajstić information content (AvgIpc) is 2.60. The molecular formula is C10H20N2. The molecular weight excluding hydrogens is 148 g/mol. The fourth-order valence-electron chi connectivity index (χ4n) is 2.05. The maximum atomic E-state index is 5.85. The summed E-state index contributed by atoms with van der Waals surface area (Å²) in [5, 5.41) is 3.64. The Balaban J connectivity index is 1.67. The molecule has 2 unspecified atom stereocenters. The lowest BCUT2D eigenvalue weighted by atomic mass is 10.1. The highest BCUT2D eigenvalue weighted by molar-refractivity contribution is 4.98. The van der Waals surface area contributed by atoms with Gasteiger partial charge in [0.05, 0.1) is 0 Å². The summed E-state index contributed by atoms with van der Waals surface area (Å²) in [7, 11) is 0. The molecule has 0 aliphatic heterocycles. The minimum atomic E-state index is 0.490. The van der Waals surface area contributed by atoms with Gasteiger partial charge in [-0.1, -0.05) is 0 Å². The number of nitrogens with two attached hydrogens (primary N) is 1. The van der Waals surface area contributed by atoms with Gasteiger partial charge >= 0.3 is 0 Å². The van der Waals surface area contributed by atoms with Crippen molar-refractivity contribution in [1.82, 2.24) is 5.32 Å². The van der Waals surface area contributed by atoms with Crippen molar-refractivity contribution in [3.8, 4) is 0 Å². The number of rotatable bonds is 3. The molecule has 0 heterocycles. The van der Waals surface area contributed by atoms with Crippen LogP contribution < -0.4 is 11.1 Å². The Morgan fingerprint density at radius 3 is 2.67 bits per heavy atom. The van der Waals surface area contributed by atoms with Crippen molar-refractivity contribution in [3.63, 3.8) is 0 Å². The standard InChI is InChI=1S/C10H20N2/c1-10(4-5-10)12-7-8-2-3-9(11)6-8/h8-9,12H,2-7,11H2,1H3. The summed E-state index contributed by atoms with van der Waals surface area (Å²) in [6.45, 7) is 3.52. The van der Waals surface area contributed by atoms with Crippen LogP contribution in [0.2, 0.25) is 0 Å². The van der Waals surface area contributed by atoms with E-state index >= 15 is 0 Å². The summed E-state index contributed by atoms with van der Waals surface area (Å²) >= 11 is 0. The Bertz CT molecular complexity index is 163. The number of hydrogen-bond acceptors (Lipinski definition) is 2. The molecule has 0 amide bonds. The summed E-state index contributed by atoms with van der Waals surface area (Å²) in [4.78, 5) is 0. The molecule has 2 nitrogen and oxygen atoms in total. The predicted molar refractivity (Wildman–Crippen MR) is 51.0 cm³/mol. The second-order valence-corrected chi connectivity index (χ2v) is 4.88. The summed E-state index contributed by atoms with van der Waals surface area (Å²) in [5.74, 6) is 0.859. The second-order valence-electron chi connectivity index (χ2n) is 4.88. The quantitative estimate of drug-likeness (QED) is 0.665. The third kappa shape index (κ3) is 1.99. The van der Waals surface area contributed by atoms with Gasteiger partial charge in [-0.25, -0.2) is 0 Å². The van der Waals surface area contributed by atoms with Gasteiger partial charge < -0.3 is 11.1 Å². The maximum Gasteiger partial charge on any atom is 0.0154 e. The van der Waals surface area contributed by atoms with Gasteiger partial charge in [0.25, 0.3) is 0 Å². The predicted octanol–water partition coefficient (Wildman–Crippen LogP) is 1.26. The molecule has 2 saturated carbocycles. The average molecular weight is 168 g/mol. The lowest BCUT2D eigenvalue weighted by Gasteiger charge is -2.15. The molecule has 2 rings (SSSR count). The van der Waals surface area contributed by atoms with Crippen LogP contribution in [0.1, 0.15) is 39.0 Å². The Morgan fingerprint density at radius 1 is 1.42 bits per heavy atom. The lowest BCUT2D eigenvalue weighted by Crippen LogP contribution is -2.32. The molecule has 0 radical (unpaired) electrons. The minimum Gasteiger partial charge on any atom is -0.328 e. The molecule has 3 N–H and O–H groups in total. The van der Waals surface area contributed by atoms with Gasteiger partial charge in [-0.15, -0.1) is 0 Å². The second kappa shape index (κ2) is 3.00. The Kier molecular flexibility index (Phi) is 2.13. The Morgan fingerprint density at radius 2 is 2.17 bits per heavy atom. The summed E-state index contributed by atoms with van der Waals surface area (Å²) in [5.41, 5.74) is 6.36. The molecule has 70 valence electrons. The first kappa shape index (κ1) is 8.52. The summed E-state index contributed by atoms with van der Waals surface area (Å²) in [6.07, 6.45) is 6.55. The molecule has 0 saturated heterocycles. The molecule has 0 bridgehead atoms. The van der Waals surface area contributed by atoms with E-state index in [0.717, 1.165) is 5.92 Å². The molecule has 2 aliphatic rings. The van der Waals surface area contributed by atoms with Gasteiger partial charge in [0, 0.05) is 11.6 Å². The highest BCUT2D eigenvalue weighted by Crippen LogP contribution is 2.35. The van der Waals surface area contributed by atoms with E-state index in [1.54, 1.807) is 0 Å². The van der Waals surface area contributed by atoms with Crippen LogP contribution in [-0.4, -0.2) is 18.1 Å². The van der Waals surface area contributed by atoms with E-state index < -0.39 is 0 Å². The molecule has 0 aromatic carbocycles. The van der Waals surface area contributed by atoms with Crippen LogP contribution in [0.3, 0.4) is 0 Å². The van der Waals surface area contributed by atoms with Crippen LogP contribution >= 0.6 is 0 Å². The zero-order valence-electron chi connectivity index (χ0n) is 7.97. The molecule has 2 heteroatoms. The third-order valence-corrected chi connectivity index (χ3v) is 3.40. The Hall–Kier alpha value is -0.0800. The van der Waals surface area contributed by atoms with Gasteiger partial charge in [-0.3, -0.25) is 0 Å². The van der Waals surface area contributed by atoms with Crippen LogP contribution in [0.5, 0.6) is 0 Å². The van der Waals surface area contributed by atoms with Crippen LogP contribution in [0.25, 0.3) is 0 Å². The van der Waals surface area contributed by atoms with Gasteiger partial charge in [0.1, 0.15) is 0 Å². The largest absolute Gasteiger partial charge is 0.328 e. The van der Waals surface area contributed by atoms with Crippen molar-refractivity contribution in [1.29, 1.82) is 0 Å². The summed E-state index contributed by atoms with van der Waals surface area (Å²) < 4.78 is 0. The third-order valence-electron chi connectivity index (χ3n) is 3.40. The molecule has 2 aliphatic carbocycles. The first-order valence-corrected chi connectivity index (χ1v) is 5.19. The highest BCUT2D eigenvalue weighted by atomic mass is 15.0. The summed E-state index contributed by atoms with van der Waals surface area (Å²) in [6, 6.07) is 0.490. The number of hydrogen-bond donors (Lipinski definition) is 2. The van der Waals surface area contributed by atoms with E-state index in [1.807, 2.05) is 0 Å². The monoisotopic (exact) mass is 168 g/mol. The molecule has 2 fully saturated rings. The fraction of sp³-hybridized carbons (Fsp3) is 1.00. The van der Waals surface area contributed by atoms with E-state index in [2.05, 4.69) is 12.2 Å². The molecule has 2 atom stereocenters. The SMILES string of the molecule is CC1(NCC2CCC(N)C2)CC1. The van der Waals surface area contributed by atoms with Crippen LogP contribution in [0.4, 0.5) is 0 Å². The minimum absolute atomic E-state index is 0.490. The van der Waals surface area contributed by atoms with Gasteiger partial charge in [0.15, 0.2) is 0 Å². The maximum absolute atomic E-state index is 5.85. The zero-order chi connectivity index (χ0) is 8.60. The molecule has 0 spiro atoms. The van der Waals surface area contributed by atoms with Gasteiger partial charge in [0.2, 0.25) is 0 Å². The van der Waals surface area contributed by atoms with Gasteiger partial charge in [-0.2, -0.15) is 0 Å². The van der Waals surface area contributed by atoms with Crippen molar-refractivity contribution in [2.45, 2.75) is 50.6 Å². The highest BCUT2D eigenvalue weighted by Gasteiger charge is 2.37. The molecule has 12 heavy (non-hydrogen) atoms. The van der Waals surface area contributed by atoms with Crippen molar-refractivity contribution in [2.75, 3.05) is 6.54 Å². The van der Waals surface area contributed by atoms with Crippen molar-refractivity contribution >= 4 is 0 Å². The number of nitrogens with one attached hydrogen (secondary N) is 1. The van der Waals surface area contributed by atoms with Crippen molar-refractivity contribution in [3.05, 3.63) is 0 Å². The smallest absolute Gasteiger partial charge is 0.0154 e. The van der Waals surface area contributed by atoms with Crippen molar-refractivity contribution in [2.24, 2.45) is 11.7 Å². The topological polar surface area (TPSA) is 38.0 Å². The van der Waals surface area contributed by atoms with E-state index in [0.29, 0.717) is 11.6 Å². The van der Waals surface area contributed by atoms with Crippen LogP contribution in [0, 0.1) is 5.92 Å².